The van der Waals surface area contributed by atoms with Crippen LogP contribution in [0.25, 0.3) is 16.2 Å². The van der Waals surface area contributed by atoms with Gasteiger partial charge in [-0.2, -0.15) is 0 Å². The number of aromatic nitrogens is 2. The number of para-hydroxylation sites is 1. The van der Waals surface area contributed by atoms with Gasteiger partial charge in [0, 0.05) is 29.3 Å². The first-order valence-electron chi connectivity index (χ1n) is 9.24. The standard InChI is InChI=1S/C22H18FN3O3S/c1-29-21(28)16-7-3-5-9-18(16)24-20(27)11-10-14-13-30-22-25-19(12-26(14)22)15-6-2-4-8-17(15)23/h2-9,12-13H,10-11H2,1H3,(H,24,27). The van der Waals surface area contributed by atoms with E-state index in [1.54, 1.807) is 48.7 Å². The van der Waals surface area contributed by atoms with Gasteiger partial charge in [0.2, 0.25) is 5.91 Å². The summed E-state index contributed by atoms with van der Waals surface area (Å²) in [5.41, 5.74) is 2.61. The Morgan fingerprint density at radius 2 is 1.93 bits per heavy atom. The maximum Gasteiger partial charge on any atom is 0.339 e. The van der Waals surface area contributed by atoms with E-state index in [1.807, 2.05) is 9.78 Å². The summed E-state index contributed by atoms with van der Waals surface area (Å²) in [7, 11) is 1.30. The number of imidazole rings is 1. The molecule has 1 N–H and O–H groups in total. The Balaban J connectivity index is 1.47. The Kier molecular flexibility index (Phi) is 5.58. The third-order valence-electron chi connectivity index (χ3n) is 4.65. The summed E-state index contributed by atoms with van der Waals surface area (Å²) in [6.45, 7) is 0. The van der Waals surface area contributed by atoms with Gasteiger partial charge in [-0.15, -0.1) is 11.3 Å². The number of hydrogen-bond acceptors (Lipinski definition) is 5. The quantitative estimate of drug-likeness (QED) is 0.462. The van der Waals surface area contributed by atoms with Crippen LogP contribution in [-0.4, -0.2) is 28.4 Å². The lowest BCUT2D eigenvalue weighted by Crippen LogP contribution is -2.16. The van der Waals surface area contributed by atoms with Gasteiger partial charge in [-0.1, -0.05) is 24.3 Å². The molecule has 0 fully saturated rings. The molecule has 4 rings (SSSR count). The van der Waals surface area contributed by atoms with Crippen molar-refractivity contribution < 1.29 is 18.7 Å². The zero-order chi connectivity index (χ0) is 21.1. The first-order valence-corrected chi connectivity index (χ1v) is 10.1. The van der Waals surface area contributed by atoms with Crippen molar-refractivity contribution in [3.8, 4) is 11.3 Å². The van der Waals surface area contributed by atoms with Crippen molar-refractivity contribution in [3.63, 3.8) is 0 Å². The lowest BCUT2D eigenvalue weighted by Gasteiger charge is -2.09. The van der Waals surface area contributed by atoms with Crippen LogP contribution in [-0.2, 0) is 16.0 Å². The minimum absolute atomic E-state index is 0.217. The molecule has 4 aromatic rings. The molecule has 0 aliphatic rings. The van der Waals surface area contributed by atoms with Crippen molar-refractivity contribution in [1.29, 1.82) is 0 Å². The highest BCUT2D eigenvalue weighted by molar-refractivity contribution is 7.15. The van der Waals surface area contributed by atoms with Crippen molar-refractivity contribution in [1.82, 2.24) is 9.38 Å². The fourth-order valence-electron chi connectivity index (χ4n) is 3.14. The van der Waals surface area contributed by atoms with Crippen LogP contribution >= 0.6 is 11.3 Å². The van der Waals surface area contributed by atoms with E-state index >= 15 is 0 Å². The van der Waals surface area contributed by atoms with Crippen molar-refractivity contribution in [2.24, 2.45) is 0 Å². The van der Waals surface area contributed by atoms with E-state index in [4.69, 9.17) is 4.74 Å². The zero-order valence-electron chi connectivity index (χ0n) is 16.1. The maximum absolute atomic E-state index is 14.1. The largest absolute Gasteiger partial charge is 0.465 e. The van der Waals surface area contributed by atoms with Crippen LogP contribution < -0.4 is 5.32 Å². The number of nitrogens with zero attached hydrogens (tertiary/aromatic N) is 2. The van der Waals surface area contributed by atoms with E-state index in [2.05, 4.69) is 10.3 Å². The maximum atomic E-state index is 14.1. The number of esters is 1. The minimum Gasteiger partial charge on any atom is -0.465 e. The SMILES string of the molecule is COC(=O)c1ccccc1NC(=O)CCc1csc2nc(-c3ccccc3F)cn12. The lowest BCUT2D eigenvalue weighted by atomic mass is 10.1. The van der Waals surface area contributed by atoms with Gasteiger partial charge >= 0.3 is 5.97 Å². The molecule has 0 saturated heterocycles. The predicted molar refractivity (Wildman–Crippen MR) is 113 cm³/mol. The molecule has 2 heterocycles. The number of hydrogen-bond donors (Lipinski definition) is 1. The van der Waals surface area contributed by atoms with Crippen LogP contribution in [0.4, 0.5) is 10.1 Å². The first-order chi connectivity index (χ1) is 14.6. The average Bonchev–Trinajstić information content (AvgIpc) is 3.33. The van der Waals surface area contributed by atoms with Crippen LogP contribution in [0.15, 0.2) is 60.1 Å². The number of aryl methyl sites for hydroxylation is 1. The summed E-state index contributed by atoms with van der Waals surface area (Å²) < 4.78 is 20.7. The van der Waals surface area contributed by atoms with Gasteiger partial charge in [-0.25, -0.2) is 14.2 Å². The van der Waals surface area contributed by atoms with Gasteiger partial charge in [0.15, 0.2) is 4.96 Å². The Bertz CT molecular complexity index is 1230. The number of thiazole rings is 1. The normalized spacial score (nSPS) is 10.9. The monoisotopic (exact) mass is 423 g/mol. The fourth-order valence-corrected chi connectivity index (χ4v) is 4.05. The molecule has 0 spiro atoms. The van der Waals surface area contributed by atoms with E-state index in [0.717, 1.165) is 10.7 Å². The van der Waals surface area contributed by atoms with Crippen LogP contribution in [0, 0.1) is 5.82 Å². The number of halogens is 1. The highest BCUT2D eigenvalue weighted by atomic mass is 32.1. The first kappa shape index (κ1) is 19.8. The van der Waals surface area contributed by atoms with Gasteiger partial charge < -0.3 is 10.1 Å². The third-order valence-corrected chi connectivity index (χ3v) is 5.54. The van der Waals surface area contributed by atoms with Crippen molar-refractivity contribution >= 4 is 33.9 Å². The summed E-state index contributed by atoms with van der Waals surface area (Å²) in [5, 5.41) is 4.70. The molecule has 0 atom stereocenters. The molecule has 0 bridgehead atoms. The second-order valence-corrected chi connectivity index (χ2v) is 7.41. The molecule has 0 radical (unpaired) electrons. The molecule has 0 aliphatic heterocycles. The molecule has 152 valence electrons. The molecule has 6 nitrogen and oxygen atoms in total. The van der Waals surface area contributed by atoms with E-state index < -0.39 is 5.97 Å². The van der Waals surface area contributed by atoms with Crippen molar-refractivity contribution in [2.75, 3.05) is 12.4 Å². The summed E-state index contributed by atoms with van der Waals surface area (Å²) in [6.07, 6.45) is 2.47. The van der Waals surface area contributed by atoms with Crippen LogP contribution in [0.5, 0.6) is 0 Å². The Labute approximate surface area is 176 Å². The number of carbonyl (C=O) groups excluding carboxylic acids is 2. The second-order valence-electron chi connectivity index (χ2n) is 6.57. The number of carbonyl (C=O) groups is 2. The van der Waals surface area contributed by atoms with Crippen LogP contribution in [0.1, 0.15) is 22.5 Å². The average molecular weight is 423 g/mol. The Morgan fingerprint density at radius 1 is 1.17 bits per heavy atom. The smallest absolute Gasteiger partial charge is 0.339 e. The van der Waals surface area contributed by atoms with Gasteiger partial charge in [-0.05, 0) is 30.7 Å². The molecule has 2 aromatic carbocycles. The topological polar surface area (TPSA) is 72.7 Å². The highest BCUT2D eigenvalue weighted by Gasteiger charge is 2.15. The predicted octanol–water partition coefficient (Wildman–Crippen LogP) is 4.56. The summed E-state index contributed by atoms with van der Waals surface area (Å²) >= 11 is 1.44. The number of amides is 1. The molecule has 30 heavy (non-hydrogen) atoms. The molecule has 8 heteroatoms. The van der Waals surface area contributed by atoms with E-state index in [0.29, 0.717) is 28.9 Å². The molecule has 0 saturated carbocycles. The highest BCUT2D eigenvalue weighted by Crippen LogP contribution is 2.26. The molecule has 1 amide bonds. The molecule has 0 unspecified atom stereocenters. The Hall–Kier alpha value is -3.52. The van der Waals surface area contributed by atoms with Crippen LogP contribution in [0.2, 0.25) is 0 Å². The summed E-state index contributed by atoms with van der Waals surface area (Å²) in [6, 6.07) is 13.2. The second kappa shape index (κ2) is 8.46. The third kappa shape index (κ3) is 3.95. The Morgan fingerprint density at radius 3 is 2.73 bits per heavy atom. The van der Waals surface area contributed by atoms with Gasteiger partial charge in [0.05, 0.1) is 24.1 Å². The van der Waals surface area contributed by atoms with Gasteiger partial charge in [0.1, 0.15) is 5.82 Å². The summed E-state index contributed by atoms with van der Waals surface area (Å²) in [4.78, 5) is 29.5. The van der Waals surface area contributed by atoms with Crippen molar-refractivity contribution in [3.05, 3.63) is 77.2 Å². The number of methoxy groups -OCH3 is 1. The number of ether oxygens (including phenoxy) is 1. The van der Waals surface area contributed by atoms with E-state index in [-0.39, 0.29) is 18.1 Å². The fraction of sp³-hybridized carbons (Fsp3) is 0.136. The number of anilines is 1. The molecular weight excluding hydrogens is 405 g/mol. The lowest BCUT2D eigenvalue weighted by molar-refractivity contribution is -0.116. The van der Waals surface area contributed by atoms with E-state index in [9.17, 15) is 14.0 Å². The minimum atomic E-state index is -0.510. The number of nitrogens with one attached hydrogen (secondary N) is 1. The zero-order valence-corrected chi connectivity index (χ0v) is 16.9. The van der Waals surface area contributed by atoms with Crippen LogP contribution in [0.3, 0.4) is 0 Å². The summed E-state index contributed by atoms with van der Waals surface area (Å²) in [5.74, 6) is -1.06. The molecular formula is C22H18FN3O3S. The molecule has 0 aliphatic carbocycles. The molecule has 2 aromatic heterocycles. The van der Waals surface area contributed by atoms with Crippen molar-refractivity contribution in [2.45, 2.75) is 12.8 Å². The number of fused-ring (bicyclic) bond motifs is 1. The van der Waals surface area contributed by atoms with Gasteiger partial charge in [-0.3, -0.25) is 9.20 Å². The van der Waals surface area contributed by atoms with E-state index in [1.165, 1.54) is 24.5 Å². The number of benzene rings is 2. The van der Waals surface area contributed by atoms with Gasteiger partial charge in [0.25, 0.3) is 0 Å². The number of rotatable bonds is 6.